The fourth-order valence-corrected chi connectivity index (χ4v) is 2.06. The molecule has 3 rings (SSSR count). The third kappa shape index (κ3) is 3.30. The highest BCUT2D eigenvalue weighted by atomic mass is 16.2. The Balaban J connectivity index is 1.43. The highest BCUT2D eigenvalue weighted by Crippen LogP contribution is 2.28. The first kappa shape index (κ1) is 13.0. The van der Waals surface area contributed by atoms with Gasteiger partial charge in [0.2, 0.25) is 5.91 Å². The van der Waals surface area contributed by atoms with Crippen LogP contribution in [0, 0.1) is 5.92 Å². The van der Waals surface area contributed by atoms with Crippen LogP contribution in [-0.2, 0) is 11.3 Å². The minimum absolute atomic E-state index is 0.192. The second kappa shape index (κ2) is 5.96. The van der Waals surface area contributed by atoms with Crippen LogP contribution >= 0.6 is 0 Å². The van der Waals surface area contributed by atoms with Crippen molar-refractivity contribution in [1.82, 2.24) is 20.6 Å². The highest BCUT2D eigenvalue weighted by Gasteiger charge is 2.28. The molecule has 2 aromatic rings. The van der Waals surface area contributed by atoms with Crippen LogP contribution in [-0.4, -0.2) is 29.0 Å². The average molecular weight is 270 g/mol. The van der Waals surface area contributed by atoms with E-state index in [-0.39, 0.29) is 11.8 Å². The van der Waals surface area contributed by atoms with Gasteiger partial charge in [0.15, 0.2) is 0 Å². The van der Waals surface area contributed by atoms with Gasteiger partial charge in [0.1, 0.15) is 0 Å². The van der Waals surface area contributed by atoms with Crippen LogP contribution in [0.1, 0.15) is 18.5 Å². The predicted molar refractivity (Wildman–Crippen MR) is 77.0 cm³/mol. The van der Waals surface area contributed by atoms with Crippen LogP contribution in [0.2, 0.25) is 0 Å². The summed E-state index contributed by atoms with van der Waals surface area (Å²) in [6.07, 6.45) is 3.88. The summed E-state index contributed by atoms with van der Waals surface area (Å²) in [6.45, 7) is 2.07. The van der Waals surface area contributed by atoms with E-state index >= 15 is 0 Å². The number of hydrogen-bond acceptors (Lipinski definition) is 4. The van der Waals surface area contributed by atoms with Gasteiger partial charge < -0.3 is 10.6 Å². The van der Waals surface area contributed by atoms with Gasteiger partial charge >= 0.3 is 0 Å². The van der Waals surface area contributed by atoms with E-state index in [1.807, 2.05) is 24.3 Å². The lowest BCUT2D eigenvalue weighted by atomic mass is 10.3. The molecule has 0 spiro atoms. The molecule has 2 N–H and O–H groups in total. The van der Waals surface area contributed by atoms with Gasteiger partial charge in [-0.1, -0.05) is 12.1 Å². The molecule has 0 saturated heterocycles. The largest absolute Gasteiger partial charge is 0.355 e. The maximum absolute atomic E-state index is 11.4. The van der Waals surface area contributed by atoms with E-state index < -0.39 is 0 Å². The molecule has 1 saturated carbocycles. The molecule has 0 bridgehead atoms. The predicted octanol–water partition coefficient (Wildman–Crippen LogP) is 1.25. The number of hydrogen-bond donors (Lipinski definition) is 2. The first-order chi connectivity index (χ1) is 9.83. The van der Waals surface area contributed by atoms with Crippen LogP contribution in [0.3, 0.4) is 0 Å². The van der Waals surface area contributed by atoms with E-state index in [9.17, 15) is 4.79 Å². The van der Waals surface area contributed by atoms with Crippen molar-refractivity contribution in [3.05, 3.63) is 36.2 Å². The summed E-state index contributed by atoms with van der Waals surface area (Å²) in [7, 11) is 0. The second-order valence-electron chi connectivity index (χ2n) is 5.09. The van der Waals surface area contributed by atoms with E-state index in [4.69, 9.17) is 0 Å². The van der Waals surface area contributed by atoms with Crippen molar-refractivity contribution in [2.24, 2.45) is 5.92 Å². The van der Waals surface area contributed by atoms with Gasteiger partial charge in [-0.3, -0.25) is 9.78 Å². The first-order valence-electron chi connectivity index (χ1n) is 7.02. The fraction of sp³-hybridized carbons (Fsp3) is 0.400. The molecule has 0 atom stereocenters. The van der Waals surface area contributed by atoms with E-state index in [1.54, 1.807) is 6.20 Å². The summed E-state index contributed by atoms with van der Waals surface area (Å²) in [4.78, 5) is 20.3. The number of nitrogens with zero attached hydrogens (tertiary/aromatic N) is 2. The Morgan fingerprint density at radius 3 is 2.80 bits per heavy atom. The summed E-state index contributed by atoms with van der Waals surface area (Å²) >= 11 is 0. The molecule has 1 amide bonds. The summed E-state index contributed by atoms with van der Waals surface area (Å²) in [6, 6.07) is 7.83. The number of rotatable bonds is 6. The Labute approximate surface area is 117 Å². The van der Waals surface area contributed by atoms with Crippen molar-refractivity contribution >= 4 is 16.9 Å². The van der Waals surface area contributed by atoms with Gasteiger partial charge in [0.25, 0.3) is 0 Å². The van der Waals surface area contributed by atoms with Crippen molar-refractivity contribution < 1.29 is 4.79 Å². The molecule has 0 unspecified atom stereocenters. The molecule has 1 aliphatic rings. The van der Waals surface area contributed by atoms with Crippen molar-refractivity contribution in [2.45, 2.75) is 19.4 Å². The molecule has 20 heavy (non-hydrogen) atoms. The van der Waals surface area contributed by atoms with Crippen LogP contribution < -0.4 is 10.6 Å². The summed E-state index contributed by atoms with van der Waals surface area (Å²) in [5.41, 5.74) is 2.74. The molecule has 0 radical (unpaired) electrons. The van der Waals surface area contributed by atoms with Gasteiger partial charge in [-0.2, -0.15) is 0 Å². The fourth-order valence-electron chi connectivity index (χ4n) is 2.06. The van der Waals surface area contributed by atoms with Gasteiger partial charge in [0, 0.05) is 25.6 Å². The van der Waals surface area contributed by atoms with Crippen molar-refractivity contribution in [3.8, 4) is 0 Å². The zero-order chi connectivity index (χ0) is 13.8. The summed E-state index contributed by atoms with van der Waals surface area (Å²) < 4.78 is 0. The van der Waals surface area contributed by atoms with E-state index in [0.29, 0.717) is 13.1 Å². The lowest BCUT2D eigenvalue weighted by molar-refractivity contribution is -0.122. The van der Waals surface area contributed by atoms with Crippen LogP contribution in [0.5, 0.6) is 0 Å². The van der Waals surface area contributed by atoms with Crippen LogP contribution in [0.4, 0.5) is 0 Å². The number of benzene rings is 1. The number of carbonyl (C=O) groups is 1. The zero-order valence-electron chi connectivity index (χ0n) is 11.3. The van der Waals surface area contributed by atoms with Gasteiger partial charge in [-0.05, 0) is 25.0 Å². The number of nitrogens with one attached hydrogen (secondary N) is 2. The Bertz CT molecular complexity index is 610. The summed E-state index contributed by atoms with van der Waals surface area (Å²) in [5.74, 6) is 0.471. The number of fused-ring (bicyclic) bond motifs is 1. The number of aromatic nitrogens is 2. The second-order valence-corrected chi connectivity index (χ2v) is 5.09. The molecule has 1 aliphatic carbocycles. The van der Waals surface area contributed by atoms with Gasteiger partial charge in [0.05, 0.1) is 22.9 Å². The third-order valence-electron chi connectivity index (χ3n) is 3.35. The number of para-hydroxylation sites is 2. The van der Waals surface area contributed by atoms with E-state index in [1.165, 1.54) is 0 Å². The van der Waals surface area contributed by atoms with Crippen molar-refractivity contribution in [3.63, 3.8) is 0 Å². The average Bonchev–Trinajstić information content (AvgIpc) is 3.31. The smallest absolute Gasteiger partial charge is 0.223 e. The maximum atomic E-state index is 11.4. The first-order valence-corrected chi connectivity index (χ1v) is 7.02. The molecule has 1 heterocycles. The molecule has 1 fully saturated rings. The Kier molecular flexibility index (Phi) is 3.87. The number of carbonyl (C=O) groups excluding carboxylic acids is 1. The van der Waals surface area contributed by atoms with Crippen molar-refractivity contribution in [2.75, 3.05) is 13.1 Å². The minimum atomic E-state index is 0.192. The molecular formula is C15H18N4O. The molecule has 5 heteroatoms. The SMILES string of the molecule is O=C(NCCNCc1cnc2ccccc2n1)C1CC1. The normalized spacial score (nSPS) is 14.4. The maximum Gasteiger partial charge on any atom is 0.223 e. The molecule has 1 aromatic carbocycles. The van der Waals surface area contributed by atoms with Crippen LogP contribution in [0.15, 0.2) is 30.5 Å². The van der Waals surface area contributed by atoms with E-state index in [2.05, 4.69) is 20.6 Å². The zero-order valence-corrected chi connectivity index (χ0v) is 11.3. The third-order valence-corrected chi connectivity index (χ3v) is 3.35. The lowest BCUT2D eigenvalue weighted by Crippen LogP contribution is -2.32. The lowest BCUT2D eigenvalue weighted by Gasteiger charge is -2.06. The topological polar surface area (TPSA) is 66.9 Å². The number of amides is 1. The molecule has 1 aromatic heterocycles. The Morgan fingerprint density at radius 1 is 1.20 bits per heavy atom. The van der Waals surface area contributed by atoms with Gasteiger partial charge in [-0.15, -0.1) is 0 Å². The van der Waals surface area contributed by atoms with Gasteiger partial charge in [-0.25, -0.2) is 4.98 Å². The molecular weight excluding hydrogens is 252 g/mol. The highest BCUT2D eigenvalue weighted by molar-refractivity contribution is 5.80. The standard InChI is InChI=1S/C15H18N4O/c20-15(11-5-6-11)17-8-7-16-9-12-10-18-13-3-1-2-4-14(13)19-12/h1-4,10-11,16H,5-9H2,(H,17,20). The Hall–Kier alpha value is -2.01. The summed E-state index contributed by atoms with van der Waals surface area (Å²) in [5, 5.41) is 6.19. The minimum Gasteiger partial charge on any atom is -0.355 e. The van der Waals surface area contributed by atoms with Crippen LogP contribution in [0.25, 0.3) is 11.0 Å². The quantitative estimate of drug-likeness (QED) is 0.775. The van der Waals surface area contributed by atoms with Crippen molar-refractivity contribution in [1.29, 1.82) is 0 Å². The molecule has 0 aliphatic heterocycles. The molecule has 5 nitrogen and oxygen atoms in total. The van der Waals surface area contributed by atoms with E-state index in [0.717, 1.165) is 36.1 Å². The molecule has 104 valence electrons. The monoisotopic (exact) mass is 270 g/mol. The Morgan fingerprint density at radius 2 is 2.00 bits per heavy atom.